The SMILES string of the molecule is CC(=O)[O-].COc1ccc(-c2cc(/N=C3/C(C)=c4cccc[n+]4=C3C)c3ccccn23)cc1. The zero-order chi connectivity index (χ0) is 23.5. The Balaban J connectivity index is 0.000000601. The minimum atomic E-state index is -1.08. The molecule has 0 amide bonds. The van der Waals surface area contributed by atoms with Crippen LogP contribution < -0.4 is 19.4 Å². The van der Waals surface area contributed by atoms with Crippen LogP contribution in [-0.2, 0) is 4.79 Å². The number of fused-ring (bicyclic) bond motifs is 2. The second-order valence-electron chi connectivity index (χ2n) is 7.72. The van der Waals surface area contributed by atoms with Gasteiger partial charge in [-0.3, -0.25) is 0 Å². The van der Waals surface area contributed by atoms with E-state index in [1.54, 1.807) is 7.11 Å². The molecule has 166 valence electrons. The summed E-state index contributed by atoms with van der Waals surface area (Å²) in [6, 6.07) is 22.8. The molecular formula is C27H25N3O3. The summed E-state index contributed by atoms with van der Waals surface area (Å²) in [5, 5.41) is 10.1. The average Bonchev–Trinajstić information content (AvgIpc) is 3.30. The fraction of sp³-hybridized carbons (Fsp3) is 0.148. The van der Waals surface area contributed by atoms with Gasteiger partial charge in [0.05, 0.1) is 29.6 Å². The standard InChI is InChI=1S/C25H22N3O.C2H4O2/c1-17-22-8-4-6-14-27(22)18(2)25(17)26-21-16-24(28-15-7-5-9-23(21)28)19-10-12-20(29-3)13-11-19;1-2(3)4/h4-16H,1-3H3;1H3,(H,3,4)/q+1;/p-1. The van der Waals surface area contributed by atoms with Crippen molar-refractivity contribution in [3.63, 3.8) is 0 Å². The molecule has 0 saturated heterocycles. The molecular weight excluding hydrogens is 414 g/mol. The molecule has 33 heavy (non-hydrogen) atoms. The number of carbonyl (C=O) groups is 1. The molecule has 0 radical (unpaired) electrons. The molecule has 0 saturated carbocycles. The lowest BCUT2D eigenvalue weighted by atomic mass is 10.1. The van der Waals surface area contributed by atoms with Gasteiger partial charge in [-0.05, 0) is 67.9 Å². The van der Waals surface area contributed by atoms with Crippen molar-refractivity contribution in [3.05, 3.63) is 90.2 Å². The third-order valence-electron chi connectivity index (χ3n) is 5.58. The molecule has 4 aromatic rings. The number of hydrogen-bond donors (Lipinski definition) is 0. The Kier molecular flexibility index (Phi) is 6.09. The van der Waals surface area contributed by atoms with Gasteiger partial charge in [0.1, 0.15) is 11.5 Å². The fourth-order valence-corrected chi connectivity index (χ4v) is 4.04. The second kappa shape index (κ2) is 9.12. The van der Waals surface area contributed by atoms with E-state index in [1.165, 1.54) is 10.9 Å². The number of methoxy groups -OCH3 is 1. The zero-order valence-corrected chi connectivity index (χ0v) is 19.1. The highest BCUT2D eigenvalue weighted by atomic mass is 16.5. The maximum absolute atomic E-state index is 8.89. The van der Waals surface area contributed by atoms with Crippen molar-refractivity contribution in [2.24, 2.45) is 4.99 Å². The van der Waals surface area contributed by atoms with E-state index >= 15 is 0 Å². The Morgan fingerprint density at radius 2 is 1.73 bits per heavy atom. The lowest BCUT2D eigenvalue weighted by Gasteiger charge is -2.04. The Hall–Kier alpha value is -4.19. The molecule has 0 spiro atoms. The monoisotopic (exact) mass is 439 g/mol. The molecule has 1 aliphatic rings. The van der Waals surface area contributed by atoms with Gasteiger partial charge in [-0.25, -0.2) is 4.99 Å². The number of aromatic nitrogens is 2. The molecule has 3 aromatic heterocycles. The Morgan fingerprint density at radius 1 is 1.03 bits per heavy atom. The summed E-state index contributed by atoms with van der Waals surface area (Å²) in [6.45, 7) is 5.24. The zero-order valence-electron chi connectivity index (χ0n) is 19.1. The van der Waals surface area contributed by atoms with Crippen LogP contribution in [0, 0.1) is 5.71 Å². The van der Waals surface area contributed by atoms with E-state index in [2.05, 4.69) is 83.4 Å². The summed E-state index contributed by atoms with van der Waals surface area (Å²) in [7, 11) is 1.69. The summed E-state index contributed by atoms with van der Waals surface area (Å²) in [5.41, 5.74) is 7.69. The summed E-state index contributed by atoms with van der Waals surface area (Å²) in [6.07, 6.45) is 4.18. The van der Waals surface area contributed by atoms with Gasteiger partial charge in [0.25, 0.3) is 0 Å². The van der Waals surface area contributed by atoms with E-state index in [0.29, 0.717) is 0 Å². The highest BCUT2D eigenvalue weighted by molar-refractivity contribution is 6.24. The van der Waals surface area contributed by atoms with Gasteiger partial charge in [0.15, 0.2) is 6.20 Å². The maximum Gasteiger partial charge on any atom is 0.216 e. The number of carboxylic acids is 1. The lowest BCUT2D eigenvalue weighted by molar-refractivity contribution is -0.529. The molecule has 4 heterocycles. The van der Waals surface area contributed by atoms with Gasteiger partial charge in [-0.2, -0.15) is 4.24 Å². The van der Waals surface area contributed by atoms with E-state index in [-0.39, 0.29) is 0 Å². The number of aliphatic carboxylic acids is 1. The Labute approximate surface area is 192 Å². The first-order valence-corrected chi connectivity index (χ1v) is 10.6. The molecule has 1 aromatic carbocycles. The largest absolute Gasteiger partial charge is 0.550 e. The van der Waals surface area contributed by atoms with E-state index < -0.39 is 5.97 Å². The van der Waals surface area contributed by atoms with Crippen LogP contribution in [0.3, 0.4) is 0 Å². The molecule has 5 rings (SSSR count). The first kappa shape index (κ1) is 22.0. The number of ether oxygens (including phenoxy) is 1. The minimum Gasteiger partial charge on any atom is -0.550 e. The van der Waals surface area contributed by atoms with E-state index in [9.17, 15) is 0 Å². The number of carbonyl (C=O) groups excluding carboxylic acids is 1. The maximum atomic E-state index is 8.89. The minimum absolute atomic E-state index is 0.853. The van der Waals surface area contributed by atoms with E-state index in [1.807, 2.05) is 18.2 Å². The Morgan fingerprint density at radius 3 is 2.39 bits per heavy atom. The van der Waals surface area contributed by atoms with Gasteiger partial charge < -0.3 is 19.0 Å². The van der Waals surface area contributed by atoms with Crippen molar-refractivity contribution in [3.8, 4) is 17.0 Å². The Bertz CT molecular complexity index is 1450. The average molecular weight is 440 g/mol. The van der Waals surface area contributed by atoms with Crippen molar-refractivity contribution in [1.29, 1.82) is 0 Å². The van der Waals surface area contributed by atoms with Crippen molar-refractivity contribution in [2.45, 2.75) is 20.8 Å². The van der Waals surface area contributed by atoms with E-state index in [4.69, 9.17) is 19.6 Å². The van der Waals surface area contributed by atoms with Crippen LogP contribution in [0.1, 0.15) is 20.8 Å². The fourth-order valence-electron chi connectivity index (χ4n) is 4.04. The van der Waals surface area contributed by atoms with Gasteiger partial charge in [-0.1, -0.05) is 6.07 Å². The summed E-state index contributed by atoms with van der Waals surface area (Å²) in [4.78, 5) is 14.0. The predicted molar refractivity (Wildman–Crippen MR) is 127 cm³/mol. The van der Waals surface area contributed by atoms with E-state index in [0.717, 1.165) is 46.6 Å². The van der Waals surface area contributed by atoms with Gasteiger partial charge in [-0.15, -0.1) is 0 Å². The third kappa shape index (κ3) is 4.28. The van der Waals surface area contributed by atoms with Crippen molar-refractivity contribution in [1.82, 2.24) is 4.40 Å². The van der Waals surface area contributed by atoms with Crippen LogP contribution >= 0.6 is 0 Å². The molecule has 0 fully saturated rings. The normalized spacial score (nSPS) is 13.6. The molecule has 6 heteroatoms. The van der Waals surface area contributed by atoms with Crippen LogP contribution in [0.2, 0.25) is 0 Å². The number of benzene rings is 1. The second-order valence-corrected chi connectivity index (χ2v) is 7.72. The van der Waals surface area contributed by atoms with Crippen LogP contribution in [0.4, 0.5) is 5.69 Å². The van der Waals surface area contributed by atoms with Crippen molar-refractivity contribution < 1.29 is 18.9 Å². The number of carboxylic acid groups (broad SMARTS) is 1. The van der Waals surface area contributed by atoms with Crippen molar-refractivity contribution >= 4 is 28.5 Å². The summed E-state index contributed by atoms with van der Waals surface area (Å²) < 4.78 is 9.70. The quantitative estimate of drug-likeness (QED) is 0.461. The van der Waals surface area contributed by atoms with Gasteiger partial charge in [0.2, 0.25) is 11.1 Å². The number of aliphatic imine (C=N–C) groups is 1. The predicted octanol–water partition coefficient (Wildman–Crippen LogP) is 3.02. The van der Waals surface area contributed by atoms with Crippen LogP contribution in [0.5, 0.6) is 5.75 Å². The first-order chi connectivity index (χ1) is 15.9. The number of nitrogens with zero attached hydrogens (tertiary/aromatic N) is 3. The highest BCUT2D eigenvalue weighted by Gasteiger charge is 2.24. The number of hydrogen-bond acceptors (Lipinski definition) is 4. The third-order valence-corrected chi connectivity index (χ3v) is 5.58. The molecule has 0 atom stereocenters. The molecule has 0 bridgehead atoms. The molecule has 6 nitrogen and oxygen atoms in total. The molecule has 0 aliphatic carbocycles. The first-order valence-electron chi connectivity index (χ1n) is 10.6. The summed E-state index contributed by atoms with van der Waals surface area (Å²) in [5.74, 6) is -0.230. The van der Waals surface area contributed by atoms with Crippen LogP contribution in [0.15, 0.2) is 84.1 Å². The number of pyridine rings is 2. The topological polar surface area (TPSA) is 72.0 Å². The highest BCUT2D eigenvalue weighted by Crippen LogP contribution is 2.33. The van der Waals surface area contributed by atoms with Gasteiger partial charge >= 0.3 is 0 Å². The molecule has 0 N–H and O–H groups in total. The molecule has 1 aliphatic heterocycles. The number of rotatable bonds is 3. The van der Waals surface area contributed by atoms with Crippen LogP contribution in [0.25, 0.3) is 22.3 Å². The summed E-state index contributed by atoms with van der Waals surface area (Å²) >= 11 is 0. The molecule has 0 unspecified atom stereocenters. The lowest BCUT2D eigenvalue weighted by Crippen LogP contribution is -2.35. The van der Waals surface area contributed by atoms with Crippen molar-refractivity contribution in [2.75, 3.05) is 7.11 Å². The smallest absolute Gasteiger partial charge is 0.216 e. The van der Waals surface area contributed by atoms with Crippen LogP contribution in [-0.4, -0.2) is 23.2 Å². The van der Waals surface area contributed by atoms with Gasteiger partial charge in [0, 0.05) is 31.2 Å².